The van der Waals surface area contributed by atoms with E-state index in [4.69, 9.17) is 11.6 Å². The number of anilines is 1. The van der Waals surface area contributed by atoms with E-state index in [1.807, 2.05) is 0 Å². The number of carbonyl (C=O) groups excluding carboxylic acids is 2. The fourth-order valence-corrected chi connectivity index (χ4v) is 3.29. The van der Waals surface area contributed by atoms with Gasteiger partial charge in [0.25, 0.3) is 15.9 Å². The largest absolute Gasteiger partial charge is 0.390 e. The number of alkyl halides is 3. The van der Waals surface area contributed by atoms with Crippen LogP contribution in [0.5, 0.6) is 0 Å². The van der Waals surface area contributed by atoms with Crippen LogP contribution in [0.15, 0.2) is 35.5 Å². The van der Waals surface area contributed by atoms with Gasteiger partial charge < -0.3 is 9.88 Å². The molecule has 0 radical (unpaired) electrons. The van der Waals surface area contributed by atoms with Crippen molar-refractivity contribution < 1.29 is 31.2 Å². The number of nitrogens with one attached hydrogen (secondary N) is 2. The minimum atomic E-state index is -4.43. The third kappa shape index (κ3) is 5.70. The Morgan fingerprint density at radius 1 is 1.21 bits per heavy atom. The number of aromatic nitrogens is 2. The van der Waals surface area contributed by atoms with E-state index < -0.39 is 45.9 Å². The maximum atomic E-state index is 12.3. The first-order valence-electron chi connectivity index (χ1n) is 7.61. The molecule has 0 aliphatic rings. The molecule has 2 N–H and O–H groups in total. The lowest BCUT2D eigenvalue weighted by molar-refractivity contribution is -0.136. The average molecular weight is 439 g/mol. The molecule has 1 aromatic heterocycles. The van der Waals surface area contributed by atoms with E-state index in [1.54, 1.807) is 4.72 Å². The van der Waals surface area contributed by atoms with E-state index in [1.165, 1.54) is 19.1 Å². The number of nitrogens with zero attached hydrogens (tertiary/aromatic N) is 2. The zero-order valence-corrected chi connectivity index (χ0v) is 15.8. The Labute approximate surface area is 162 Å². The summed E-state index contributed by atoms with van der Waals surface area (Å²) in [7, 11) is -4.30. The number of sulfonamides is 1. The van der Waals surface area contributed by atoms with Gasteiger partial charge in [-0.15, -0.1) is 0 Å². The summed E-state index contributed by atoms with van der Waals surface area (Å²) in [4.78, 5) is 26.4. The highest BCUT2D eigenvalue weighted by Crippen LogP contribution is 2.23. The van der Waals surface area contributed by atoms with E-state index in [-0.39, 0.29) is 10.8 Å². The number of halogens is 4. The standard InChI is InChI=1S/C15H14ClF3N4O4S/c1-9(24)21-10-2-4-11(5-3-10)28(26,27)22-14(25)12-13(16)23(8-20-12)7-6-15(17,18)19/h2-5,8H,6-7H2,1H3,(H,21,24)(H,22,25). The number of hydrogen-bond acceptors (Lipinski definition) is 5. The summed E-state index contributed by atoms with van der Waals surface area (Å²) in [5.74, 6) is -1.54. The fraction of sp³-hybridized carbons (Fsp3) is 0.267. The van der Waals surface area contributed by atoms with E-state index in [0.29, 0.717) is 5.69 Å². The van der Waals surface area contributed by atoms with Gasteiger partial charge in [-0.1, -0.05) is 11.6 Å². The highest BCUT2D eigenvalue weighted by molar-refractivity contribution is 7.90. The SMILES string of the molecule is CC(=O)Nc1ccc(S(=O)(=O)NC(=O)c2ncn(CCC(F)(F)F)c2Cl)cc1. The van der Waals surface area contributed by atoms with Gasteiger partial charge in [0.05, 0.1) is 17.6 Å². The van der Waals surface area contributed by atoms with Crippen LogP contribution >= 0.6 is 11.6 Å². The monoisotopic (exact) mass is 438 g/mol. The zero-order valence-electron chi connectivity index (χ0n) is 14.2. The number of imidazole rings is 1. The Balaban J connectivity index is 2.13. The van der Waals surface area contributed by atoms with Crippen LogP contribution in [0.1, 0.15) is 23.8 Å². The average Bonchev–Trinajstić information content (AvgIpc) is 2.93. The lowest BCUT2D eigenvalue weighted by Gasteiger charge is -2.09. The summed E-state index contributed by atoms with van der Waals surface area (Å²) in [5.41, 5.74) is -0.175. The highest BCUT2D eigenvalue weighted by Gasteiger charge is 2.28. The second kappa shape index (κ2) is 8.19. The van der Waals surface area contributed by atoms with E-state index in [0.717, 1.165) is 23.0 Å². The molecule has 0 aliphatic carbocycles. The number of carbonyl (C=O) groups is 2. The van der Waals surface area contributed by atoms with Crippen LogP contribution in [-0.2, 0) is 21.4 Å². The van der Waals surface area contributed by atoms with Crippen molar-refractivity contribution in [2.75, 3.05) is 5.32 Å². The molecule has 0 unspecified atom stereocenters. The van der Waals surface area contributed by atoms with Crippen molar-refractivity contribution in [3.8, 4) is 0 Å². The smallest absolute Gasteiger partial charge is 0.326 e. The second-order valence-electron chi connectivity index (χ2n) is 5.58. The van der Waals surface area contributed by atoms with Gasteiger partial charge in [-0.05, 0) is 24.3 Å². The van der Waals surface area contributed by atoms with Gasteiger partial charge in [0.1, 0.15) is 5.15 Å². The van der Waals surface area contributed by atoms with Crippen LogP contribution in [-0.4, -0.2) is 36.0 Å². The summed E-state index contributed by atoms with van der Waals surface area (Å²) < 4.78 is 64.0. The predicted octanol–water partition coefficient (Wildman–Crippen LogP) is 2.57. The van der Waals surface area contributed by atoms with Crippen molar-refractivity contribution in [1.29, 1.82) is 0 Å². The molecular weight excluding hydrogens is 425 g/mol. The molecule has 0 spiro atoms. The molecule has 0 bridgehead atoms. The predicted molar refractivity (Wildman–Crippen MR) is 93.3 cm³/mol. The zero-order chi connectivity index (χ0) is 21.1. The van der Waals surface area contributed by atoms with E-state index >= 15 is 0 Å². The molecule has 2 rings (SSSR count). The molecule has 2 amide bonds. The summed E-state index contributed by atoms with van der Waals surface area (Å²) in [6.45, 7) is 0.711. The first-order chi connectivity index (χ1) is 12.9. The Kier molecular flexibility index (Phi) is 6.34. The second-order valence-corrected chi connectivity index (χ2v) is 7.62. The summed E-state index contributed by atoms with van der Waals surface area (Å²) in [6.07, 6.45) is -4.70. The van der Waals surface area contributed by atoms with Crippen molar-refractivity contribution in [3.05, 3.63) is 41.4 Å². The van der Waals surface area contributed by atoms with Gasteiger partial charge in [0.2, 0.25) is 5.91 Å². The molecule has 0 saturated carbocycles. The molecule has 2 aromatic rings. The molecule has 0 aliphatic heterocycles. The van der Waals surface area contributed by atoms with Crippen LogP contribution in [0.3, 0.4) is 0 Å². The molecule has 13 heteroatoms. The first kappa shape index (κ1) is 21.7. The van der Waals surface area contributed by atoms with Crippen molar-refractivity contribution in [3.63, 3.8) is 0 Å². The number of benzene rings is 1. The minimum absolute atomic E-state index is 0.275. The van der Waals surface area contributed by atoms with Crippen LogP contribution in [0, 0.1) is 0 Å². The third-order valence-electron chi connectivity index (χ3n) is 3.34. The van der Waals surface area contributed by atoms with E-state index in [9.17, 15) is 31.2 Å². The van der Waals surface area contributed by atoms with Crippen LogP contribution in [0.2, 0.25) is 5.15 Å². The quantitative estimate of drug-likeness (QED) is 0.720. The van der Waals surface area contributed by atoms with E-state index in [2.05, 4.69) is 10.3 Å². The summed E-state index contributed by atoms with van der Waals surface area (Å²) in [5, 5.41) is 2.03. The molecule has 28 heavy (non-hydrogen) atoms. The van der Waals surface area contributed by atoms with Gasteiger partial charge in [-0.25, -0.2) is 18.1 Å². The normalized spacial score (nSPS) is 11.9. The lowest BCUT2D eigenvalue weighted by atomic mass is 10.3. The summed E-state index contributed by atoms with van der Waals surface area (Å²) in [6, 6.07) is 4.95. The third-order valence-corrected chi connectivity index (χ3v) is 5.08. The Hall–Kier alpha value is -2.60. The highest BCUT2D eigenvalue weighted by atomic mass is 35.5. The van der Waals surface area contributed by atoms with Crippen molar-refractivity contribution in [2.45, 2.75) is 31.0 Å². The van der Waals surface area contributed by atoms with Gasteiger partial charge in [0.15, 0.2) is 5.69 Å². The van der Waals surface area contributed by atoms with Gasteiger partial charge in [-0.3, -0.25) is 9.59 Å². The maximum Gasteiger partial charge on any atom is 0.390 e. The van der Waals surface area contributed by atoms with Gasteiger partial charge in [0, 0.05) is 19.2 Å². The van der Waals surface area contributed by atoms with Gasteiger partial charge >= 0.3 is 6.18 Å². The topological polar surface area (TPSA) is 110 Å². The Morgan fingerprint density at radius 2 is 1.82 bits per heavy atom. The fourth-order valence-electron chi connectivity index (χ4n) is 2.07. The molecule has 0 fully saturated rings. The molecule has 1 heterocycles. The molecular formula is C15H14ClF3N4O4S. The van der Waals surface area contributed by atoms with Crippen molar-refractivity contribution in [1.82, 2.24) is 14.3 Å². The Morgan fingerprint density at radius 3 is 2.36 bits per heavy atom. The Bertz CT molecular complexity index is 988. The number of amides is 2. The van der Waals surface area contributed by atoms with Crippen LogP contribution in [0.25, 0.3) is 0 Å². The lowest BCUT2D eigenvalue weighted by Crippen LogP contribution is -2.31. The van der Waals surface area contributed by atoms with Crippen molar-refractivity contribution in [2.24, 2.45) is 0 Å². The van der Waals surface area contributed by atoms with Crippen molar-refractivity contribution >= 4 is 39.1 Å². The first-order valence-corrected chi connectivity index (χ1v) is 9.47. The molecule has 152 valence electrons. The number of aryl methyl sites for hydroxylation is 1. The number of hydrogen-bond donors (Lipinski definition) is 2. The van der Waals surface area contributed by atoms with Gasteiger partial charge in [-0.2, -0.15) is 13.2 Å². The minimum Gasteiger partial charge on any atom is -0.326 e. The molecule has 0 saturated heterocycles. The van der Waals surface area contributed by atoms with Crippen LogP contribution in [0.4, 0.5) is 18.9 Å². The molecule has 1 aromatic carbocycles. The maximum absolute atomic E-state index is 12.3. The summed E-state index contributed by atoms with van der Waals surface area (Å²) >= 11 is 5.83. The molecule has 0 atom stereocenters. The number of rotatable bonds is 6. The molecule has 8 nitrogen and oxygen atoms in total. The van der Waals surface area contributed by atoms with Crippen LogP contribution < -0.4 is 10.0 Å².